The second-order valence-electron chi connectivity index (χ2n) is 4.85. The summed E-state index contributed by atoms with van der Waals surface area (Å²) in [5.41, 5.74) is 6.46. The van der Waals surface area contributed by atoms with Gasteiger partial charge in [-0.25, -0.2) is 0 Å². The van der Waals surface area contributed by atoms with Crippen molar-refractivity contribution in [1.29, 1.82) is 5.26 Å². The lowest BCUT2D eigenvalue weighted by molar-refractivity contribution is 0.0963. The molecule has 7 heteroatoms. The molecule has 1 rings (SSSR count). The van der Waals surface area contributed by atoms with Crippen LogP contribution in [0.3, 0.4) is 0 Å². The number of nitrogens with zero attached hydrogens (tertiary/aromatic N) is 2. The predicted octanol–water partition coefficient (Wildman–Crippen LogP) is 1.48. The van der Waals surface area contributed by atoms with E-state index >= 15 is 0 Å². The fourth-order valence-electron chi connectivity index (χ4n) is 1.52. The Bertz CT molecular complexity index is 558. The normalized spacial score (nSPS) is 11.8. The van der Waals surface area contributed by atoms with Crippen LogP contribution in [0.5, 0.6) is 0 Å². The number of hydrogen-bond donors (Lipinski definition) is 3. The number of nitriles is 1. The van der Waals surface area contributed by atoms with Gasteiger partial charge in [-0.2, -0.15) is 5.26 Å². The molecule has 1 amide bonds. The van der Waals surface area contributed by atoms with Gasteiger partial charge in [0.05, 0.1) is 5.69 Å². The van der Waals surface area contributed by atoms with Crippen LogP contribution in [0.25, 0.3) is 0 Å². The number of amides is 1. The SMILES string of the molecule is C=CCNC(=O)c1sc(NCC(C)N(C)C)c(C#N)c1N. The molecule has 0 aromatic carbocycles. The zero-order chi connectivity index (χ0) is 16.0. The number of thiophene rings is 1. The third-order valence-electron chi connectivity index (χ3n) is 3.11. The van der Waals surface area contributed by atoms with E-state index in [2.05, 4.69) is 35.1 Å². The summed E-state index contributed by atoms with van der Waals surface area (Å²) < 4.78 is 0. The molecule has 21 heavy (non-hydrogen) atoms. The summed E-state index contributed by atoms with van der Waals surface area (Å²) in [6, 6.07) is 2.35. The standard InChI is InChI=1S/C14H21N5OS/c1-5-6-17-13(20)12-11(16)10(7-15)14(21-12)18-8-9(2)19(3)4/h5,9,18H,1,6,8,16H2,2-4H3,(H,17,20). The lowest BCUT2D eigenvalue weighted by Crippen LogP contribution is -2.31. The Morgan fingerprint density at radius 2 is 2.29 bits per heavy atom. The van der Waals surface area contributed by atoms with E-state index in [1.165, 1.54) is 11.3 Å². The summed E-state index contributed by atoms with van der Waals surface area (Å²) in [5, 5.41) is 15.7. The highest BCUT2D eigenvalue weighted by atomic mass is 32.1. The van der Waals surface area contributed by atoms with E-state index < -0.39 is 0 Å². The van der Waals surface area contributed by atoms with Crippen molar-refractivity contribution in [2.45, 2.75) is 13.0 Å². The van der Waals surface area contributed by atoms with Crippen LogP contribution in [0.15, 0.2) is 12.7 Å². The summed E-state index contributed by atoms with van der Waals surface area (Å²) in [6.07, 6.45) is 1.59. The third kappa shape index (κ3) is 4.21. The van der Waals surface area contributed by atoms with Crippen LogP contribution in [0.2, 0.25) is 0 Å². The molecule has 0 spiro atoms. The molecule has 0 aliphatic carbocycles. The van der Waals surface area contributed by atoms with Gasteiger partial charge >= 0.3 is 0 Å². The van der Waals surface area contributed by atoms with Crippen LogP contribution in [0, 0.1) is 11.3 Å². The number of carbonyl (C=O) groups is 1. The minimum atomic E-state index is -0.289. The lowest BCUT2D eigenvalue weighted by Gasteiger charge is -2.20. The van der Waals surface area contributed by atoms with Crippen molar-refractivity contribution in [1.82, 2.24) is 10.2 Å². The Hall–Kier alpha value is -2.04. The summed E-state index contributed by atoms with van der Waals surface area (Å²) >= 11 is 1.20. The van der Waals surface area contributed by atoms with E-state index in [4.69, 9.17) is 5.73 Å². The molecule has 1 heterocycles. The van der Waals surface area contributed by atoms with Crippen molar-refractivity contribution in [2.75, 3.05) is 38.2 Å². The van der Waals surface area contributed by atoms with E-state index in [0.717, 1.165) is 0 Å². The van der Waals surface area contributed by atoms with Crippen molar-refractivity contribution < 1.29 is 4.79 Å². The van der Waals surface area contributed by atoms with Crippen LogP contribution >= 0.6 is 11.3 Å². The molecule has 0 aliphatic heterocycles. The molecular formula is C14H21N5OS. The van der Waals surface area contributed by atoms with Gasteiger partial charge in [-0.05, 0) is 21.0 Å². The van der Waals surface area contributed by atoms with Gasteiger partial charge < -0.3 is 21.3 Å². The van der Waals surface area contributed by atoms with Crippen LogP contribution in [0.4, 0.5) is 10.7 Å². The highest BCUT2D eigenvalue weighted by Gasteiger charge is 2.21. The lowest BCUT2D eigenvalue weighted by atomic mass is 10.2. The molecule has 0 fully saturated rings. The fraction of sp³-hybridized carbons (Fsp3) is 0.429. The van der Waals surface area contributed by atoms with Gasteiger partial charge in [-0.1, -0.05) is 6.08 Å². The van der Waals surface area contributed by atoms with E-state index in [9.17, 15) is 10.1 Å². The first-order valence-electron chi connectivity index (χ1n) is 6.54. The Morgan fingerprint density at radius 1 is 1.62 bits per heavy atom. The van der Waals surface area contributed by atoms with Crippen molar-refractivity contribution in [3.8, 4) is 6.07 Å². The number of nitrogen functional groups attached to an aromatic ring is 1. The largest absolute Gasteiger partial charge is 0.396 e. The van der Waals surface area contributed by atoms with Gasteiger partial charge in [0, 0.05) is 19.1 Å². The van der Waals surface area contributed by atoms with Crippen LogP contribution in [-0.2, 0) is 0 Å². The quantitative estimate of drug-likeness (QED) is 0.663. The van der Waals surface area contributed by atoms with E-state index in [1.54, 1.807) is 6.08 Å². The Labute approximate surface area is 129 Å². The highest BCUT2D eigenvalue weighted by molar-refractivity contribution is 7.18. The molecule has 4 N–H and O–H groups in total. The van der Waals surface area contributed by atoms with Gasteiger partial charge in [-0.15, -0.1) is 17.9 Å². The minimum absolute atomic E-state index is 0.226. The number of nitrogens with two attached hydrogens (primary N) is 1. The second kappa shape index (κ2) is 7.67. The number of carbonyl (C=O) groups excluding carboxylic acids is 1. The average molecular weight is 307 g/mol. The molecule has 0 bridgehead atoms. The first-order valence-corrected chi connectivity index (χ1v) is 7.35. The number of rotatable bonds is 7. The average Bonchev–Trinajstić information content (AvgIpc) is 2.78. The van der Waals surface area contributed by atoms with Crippen molar-refractivity contribution in [2.24, 2.45) is 0 Å². The Balaban J connectivity index is 2.93. The van der Waals surface area contributed by atoms with Crippen LogP contribution in [0.1, 0.15) is 22.2 Å². The molecule has 6 nitrogen and oxygen atoms in total. The maximum absolute atomic E-state index is 12.0. The smallest absolute Gasteiger partial charge is 0.263 e. The van der Waals surface area contributed by atoms with Gasteiger partial charge in [0.25, 0.3) is 5.91 Å². The van der Waals surface area contributed by atoms with E-state index in [1.807, 2.05) is 14.1 Å². The Morgan fingerprint density at radius 3 is 2.81 bits per heavy atom. The topological polar surface area (TPSA) is 94.2 Å². The number of hydrogen-bond acceptors (Lipinski definition) is 6. The fourth-order valence-corrected chi connectivity index (χ4v) is 2.51. The summed E-state index contributed by atoms with van der Waals surface area (Å²) in [6.45, 7) is 6.63. The van der Waals surface area contributed by atoms with Gasteiger partial charge in [0.15, 0.2) is 0 Å². The molecule has 0 saturated heterocycles. The molecule has 1 atom stereocenters. The number of anilines is 2. The summed E-state index contributed by atoms with van der Waals surface area (Å²) in [4.78, 5) is 14.4. The Kier molecular flexibility index (Phi) is 6.21. The van der Waals surface area contributed by atoms with Crippen LogP contribution in [-0.4, -0.2) is 44.0 Å². The first-order chi connectivity index (χ1) is 9.92. The van der Waals surface area contributed by atoms with Gasteiger partial charge in [0.1, 0.15) is 21.5 Å². The zero-order valence-corrected chi connectivity index (χ0v) is 13.4. The van der Waals surface area contributed by atoms with Crippen molar-refractivity contribution >= 4 is 27.9 Å². The van der Waals surface area contributed by atoms with E-state index in [-0.39, 0.29) is 17.6 Å². The zero-order valence-electron chi connectivity index (χ0n) is 12.6. The molecule has 1 unspecified atom stereocenters. The highest BCUT2D eigenvalue weighted by Crippen LogP contribution is 2.35. The van der Waals surface area contributed by atoms with E-state index in [0.29, 0.717) is 28.5 Å². The first kappa shape index (κ1) is 17.0. The van der Waals surface area contributed by atoms with Crippen molar-refractivity contribution in [3.63, 3.8) is 0 Å². The minimum Gasteiger partial charge on any atom is -0.396 e. The maximum atomic E-state index is 12.0. The third-order valence-corrected chi connectivity index (χ3v) is 4.27. The summed E-state index contributed by atoms with van der Waals surface area (Å²) in [5.74, 6) is -0.289. The number of likely N-dealkylation sites (N-methyl/N-ethyl adjacent to an activating group) is 1. The molecule has 0 radical (unpaired) electrons. The molecule has 1 aromatic rings. The molecule has 0 aliphatic rings. The molecule has 114 valence electrons. The van der Waals surface area contributed by atoms with Gasteiger partial charge in [-0.3, -0.25) is 4.79 Å². The molecule has 1 aromatic heterocycles. The molecule has 0 saturated carbocycles. The monoisotopic (exact) mass is 307 g/mol. The maximum Gasteiger partial charge on any atom is 0.263 e. The van der Waals surface area contributed by atoms with Gasteiger partial charge in [0.2, 0.25) is 0 Å². The second-order valence-corrected chi connectivity index (χ2v) is 5.87. The summed E-state index contributed by atoms with van der Waals surface area (Å²) in [7, 11) is 3.96. The predicted molar refractivity (Wildman–Crippen MR) is 87.6 cm³/mol. The molecular weight excluding hydrogens is 286 g/mol. The van der Waals surface area contributed by atoms with Crippen molar-refractivity contribution in [3.05, 3.63) is 23.1 Å². The van der Waals surface area contributed by atoms with Crippen LogP contribution < -0.4 is 16.4 Å². The number of nitrogens with one attached hydrogen (secondary N) is 2.